The molecular weight excluding hydrogens is 347 g/mol. The minimum Gasteiger partial charge on any atom is -0.452 e. The van der Waals surface area contributed by atoms with Crippen molar-refractivity contribution in [3.8, 4) is 0 Å². The van der Waals surface area contributed by atoms with Crippen LogP contribution in [0, 0.1) is 0 Å². The summed E-state index contributed by atoms with van der Waals surface area (Å²) < 4.78 is 4.36. The summed E-state index contributed by atoms with van der Waals surface area (Å²) in [6.07, 6.45) is -0.833. The molecule has 1 aromatic carbocycles. The van der Waals surface area contributed by atoms with Crippen LogP contribution in [0.3, 0.4) is 0 Å². The summed E-state index contributed by atoms with van der Waals surface area (Å²) in [5, 5.41) is 1.76. The van der Waals surface area contributed by atoms with E-state index >= 15 is 0 Å². The third-order valence-corrected chi connectivity index (χ3v) is 3.21. The fourth-order valence-corrected chi connectivity index (χ4v) is 1.90. The summed E-state index contributed by atoms with van der Waals surface area (Å²) >= 11 is 11.3. The average molecular weight is 363 g/mol. The number of nitrogens with one attached hydrogen (secondary N) is 3. The van der Waals surface area contributed by atoms with E-state index in [4.69, 9.17) is 23.2 Å². The van der Waals surface area contributed by atoms with Gasteiger partial charge in [-0.15, -0.1) is 11.6 Å². The number of nitrogens with zero attached hydrogens (tertiary/aromatic N) is 1. The number of amides is 3. The Hall–Kier alpha value is -2.03. The molecule has 3 N–H and O–H groups in total. The monoisotopic (exact) mass is 362 g/mol. The van der Waals surface area contributed by atoms with E-state index in [0.717, 1.165) is 7.11 Å². The average Bonchev–Trinajstić information content (AvgIpc) is 2.54. The van der Waals surface area contributed by atoms with E-state index in [9.17, 15) is 14.4 Å². The van der Waals surface area contributed by atoms with Crippen LogP contribution in [0.15, 0.2) is 24.3 Å². The van der Waals surface area contributed by atoms with Crippen molar-refractivity contribution in [2.24, 2.45) is 0 Å². The lowest BCUT2D eigenvalue weighted by molar-refractivity contribution is -0.131. The molecule has 23 heavy (non-hydrogen) atoms. The predicted molar refractivity (Wildman–Crippen MR) is 84.5 cm³/mol. The van der Waals surface area contributed by atoms with E-state index in [0.29, 0.717) is 10.6 Å². The highest BCUT2D eigenvalue weighted by atomic mass is 35.5. The van der Waals surface area contributed by atoms with Crippen molar-refractivity contribution in [2.75, 3.05) is 20.0 Å². The van der Waals surface area contributed by atoms with Crippen LogP contribution in [-0.2, 0) is 14.3 Å². The van der Waals surface area contributed by atoms with Gasteiger partial charge in [-0.25, -0.2) is 15.2 Å². The van der Waals surface area contributed by atoms with Gasteiger partial charge in [-0.05, 0) is 17.7 Å². The molecular formula is C13H16Cl2N4O4. The van der Waals surface area contributed by atoms with Crippen LogP contribution in [0.4, 0.5) is 4.79 Å². The first-order valence-corrected chi connectivity index (χ1v) is 7.27. The number of ether oxygens (including phenoxy) is 1. The fourth-order valence-electron chi connectivity index (χ4n) is 1.72. The minimum atomic E-state index is -0.934. The van der Waals surface area contributed by atoms with Crippen LogP contribution < -0.4 is 16.3 Å². The molecule has 0 aliphatic heterocycles. The molecule has 1 atom stereocenters. The van der Waals surface area contributed by atoms with Crippen molar-refractivity contribution < 1.29 is 19.1 Å². The van der Waals surface area contributed by atoms with Crippen molar-refractivity contribution in [1.82, 2.24) is 21.3 Å². The second-order valence-electron chi connectivity index (χ2n) is 4.34. The van der Waals surface area contributed by atoms with Gasteiger partial charge in [0.25, 0.3) is 5.91 Å². The lowest BCUT2D eigenvalue weighted by Crippen LogP contribution is -2.51. The smallest absolute Gasteiger partial charge is 0.425 e. The molecule has 0 saturated heterocycles. The first-order chi connectivity index (χ1) is 10.9. The Labute approximate surface area is 143 Å². The quantitative estimate of drug-likeness (QED) is 0.535. The van der Waals surface area contributed by atoms with Crippen molar-refractivity contribution >= 4 is 41.1 Å². The van der Waals surface area contributed by atoms with Gasteiger partial charge in [0.1, 0.15) is 11.9 Å². The Morgan fingerprint density at radius 2 is 1.83 bits per heavy atom. The number of methoxy groups -OCH3 is 1. The number of hydrogen-bond acceptors (Lipinski definition) is 5. The number of alkyl halides is 1. The first-order valence-electron chi connectivity index (χ1n) is 6.36. The molecule has 0 fully saturated rings. The number of rotatable bonds is 5. The minimum absolute atomic E-state index is 0.264. The fraction of sp³-hybridized carbons (Fsp3) is 0.308. The highest BCUT2D eigenvalue weighted by molar-refractivity contribution is 6.30. The molecule has 3 amide bonds. The zero-order chi connectivity index (χ0) is 17.4. The molecule has 0 heterocycles. The summed E-state index contributed by atoms with van der Waals surface area (Å²) in [7, 11) is 2.65. The van der Waals surface area contributed by atoms with Crippen LogP contribution in [0.1, 0.15) is 11.6 Å². The molecule has 1 rings (SSSR count). The number of halogens is 2. The van der Waals surface area contributed by atoms with Crippen molar-refractivity contribution in [3.63, 3.8) is 0 Å². The summed E-state index contributed by atoms with van der Waals surface area (Å²) in [5.41, 5.74) is 7.25. The molecule has 0 aliphatic rings. The molecule has 0 radical (unpaired) electrons. The summed E-state index contributed by atoms with van der Waals surface area (Å²) in [5.74, 6) is -1.35. The number of carbonyl (C=O) groups is 3. The standard InChI is InChI=1S/C13H16Cl2N4O4/c1-19(18-10(20)7-14)11(8-3-5-9(15)6-4-8)12(21)16-17-13(22)23-2/h3-6,11H,7H2,1-2H3,(H,16,21)(H,17,22)(H,18,20). The summed E-state index contributed by atoms with van der Waals surface area (Å²) in [6.45, 7) is 0. The molecule has 0 spiro atoms. The van der Waals surface area contributed by atoms with Gasteiger partial charge in [-0.3, -0.25) is 20.4 Å². The van der Waals surface area contributed by atoms with Crippen LogP contribution in [0.5, 0.6) is 0 Å². The SMILES string of the molecule is COC(=O)NNC(=O)C(c1ccc(Cl)cc1)N(C)NC(=O)CCl. The van der Waals surface area contributed by atoms with Gasteiger partial charge in [0.2, 0.25) is 5.91 Å². The number of hydrazine groups is 2. The maximum Gasteiger partial charge on any atom is 0.425 e. The first kappa shape index (κ1) is 19.0. The van der Waals surface area contributed by atoms with Crippen LogP contribution >= 0.6 is 23.2 Å². The largest absolute Gasteiger partial charge is 0.452 e. The Kier molecular flexibility index (Phi) is 7.60. The molecule has 1 unspecified atom stereocenters. The van der Waals surface area contributed by atoms with E-state index in [1.807, 2.05) is 0 Å². The molecule has 10 heteroatoms. The van der Waals surface area contributed by atoms with Gasteiger partial charge in [-0.1, -0.05) is 23.7 Å². The Bertz CT molecular complexity index is 568. The van der Waals surface area contributed by atoms with Gasteiger partial charge in [0.05, 0.1) is 7.11 Å². The molecule has 0 aliphatic carbocycles. The summed E-state index contributed by atoms with van der Waals surface area (Å²) in [4.78, 5) is 34.8. The highest BCUT2D eigenvalue weighted by Crippen LogP contribution is 2.20. The Balaban J connectivity index is 2.95. The Morgan fingerprint density at radius 3 is 2.35 bits per heavy atom. The lowest BCUT2D eigenvalue weighted by Gasteiger charge is -2.27. The molecule has 0 bridgehead atoms. The highest BCUT2D eigenvalue weighted by Gasteiger charge is 2.27. The number of carbonyl (C=O) groups excluding carboxylic acids is 3. The maximum atomic E-state index is 12.3. The number of benzene rings is 1. The van der Waals surface area contributed by atoms with Crippen LogP contribution in [-0.4, -0.2) is 43.0 Å². The zero-order valence-corrected chi connectivity index (χ0v) is 13.9. The van der Waals surface area contributed by atoms with Gasteiger partial charge < -0.3 is 4.74 Å². The molecule has 1 aromatic rings. The normalized spacial score (nSPS) is 11.5. The van der Waals surface area contributed by atoms with Gasteiger partial charge in [0.15, 0.2) is 0 Å². The zero-order valence-electron chi connectivity index (χ0n) is 12.4. The molecule has 0 saturated carbocycles. The summed E-state index contributed by atoms with van der Waals surface area (Å²) in [6, 6.07) is 5.50. The van der Waals surface area contributed by atoms with Gasteiger partial charge in [0, 0.05) is 12.1 Å². The second kappa shape index (κ2) is 9.19. The van der Waals surface area contributed by atoms with E-state index in [1.54, 1.807) is 24.3 Å². The van der Waals surface area contributed by atoms with E-state index in [2.05, 4.69) is 21.0 Å². The van der Waals surface area contributed by atoms with Crippen molar-refractivity contribution in [3.05, 3.63) is 34.9 Å². The number of hydrogen-bond donors (Lipinski definition) is 3. The maximum absolute atomic E-state index is 12.3. The molecule has 8 nitrogen and oxygen atoms in total. The predicted octanol–water partition coefficient (Wildman–Crippen LogP) is 0.970. The number of likely N-dealkylation sites (N-methyl/N-ethyl adjacent to an activating group) is 1. The van der Waals surface area contributed by atoms with Crippen molar-refractivity contribution in [2.45, 2.75) is 6.04 Å². The van der Waals surface area contributed by atoms with Gasteiger partial charge in [-0.2, -0.15) is 0 Å². The third kappa shape index (κ3) is 5.93. The molecule has 0 aromatic heterocycles. The topological polar surface area (TPSA) is 99.8 Å². The van der Waals surface area contributed by atoms with Gasteiger partial charge >= 0.3 is 6.09 Å². The van der Waals surface area contributed by atoms with Crippen LogP contribution in [0.25, 0.3) is 0 Å². The second-order valence-corrected chi connectivity index (χ2v) is 5.04. The lowest BCUT2D eigenvalue weighted by atomic mass is 10.1. The molecule has 126 valence electrons. The van der Waals surface area contributed by atoms with E-state index in [1.165, 1.54) is 12.1 Å². The van der Waals surface area contributed by atoms with E-state index < -0.39 is 23.9 Å². The van der Waals surface area contributed by atoms with E-state index in [-0.39, 0.29) is 5.88 Å². The van der Waals surface area contributed by atoms with Crippen molar-refractivity contribution in [1.29, 1.82) is 0 Å². The Morgan fingerprint density at radius 1 is 1.22 bits per heavy atom. The van der Waals surface area contributed by atoms with Crippen LogP contribution in [0.2, 0.25) is 5.02 Å². The third-order valence-electron chi connectivity index (χ3n) is 2.72.